The highest BCUT2D eigenvalue weighted by molar-refractivity contribution is 5.96. The van der Waals surface area contributed by atoms with E-state index in [2.05, 4.69) is 17.6 Å². The fourth-order valence-electron chi connectivity index (χ4n) is 1.40. The van der Waals surface area contributed by atoms with Gasteiger partial charge in [0.2, 0.25) is 0 Å². The van der Waals surface area contributed by atoms with Gasteiger partial charge in [-0.3, -0.25) is 4.79 Å². The van der Waals surface area contributed by atoms with Gasteiger partial charge < -0.3 is 15.4 Å². The molecular weight excluding hydrogens is 228 g/mol. The van der Waals surface area contributed by atoms with E-state index in [0.717, 1.165) is 5.69 Å². The number of nitrogens with one attached hydrogen (secondary N) is 2. The Labute approximate surface area is 109 Å². The lowest BCUT2D eigenvalue weighted by Gasteiger charge is -2.21. The smallest absolute Gasteiger partial charge is 0.256 e. The molecule has 0 radical (unpaired) electrons. The van der Waals surface area contributed by atoms with E-state index in [0.29, 0.717) is 6.04 Å². The van der Waals surface area contributed by atoms with Gasteiger partial charge >= 0.3 is 0 Å². The maximum absolute atomic E-state index is 11.9. The molecular formula is C14H22N2O2. The van der Waals surface area contributed by atoms with Gasteiger partial charge in [-0.25, -0.2) is 0 Å². The van der Waals surface area contributed by atoms with E-state index in [1.54, 1.807) is 13.8 Å². The van der Waals surface area contributed by atoms with Crippen molar-refractivity contribution in [2.24, 2.45) is 0 Å². The fourth-order valence-corrected chi connectivity index (χ4v) is 1.40. The van der Waals surface area contributed by atoms with Crippen LogP contribution in [-0.2, 0) is 9.53 Å². The Morgan fingerprint density at radius 2 is 1.83 bits per heavy atom. The maximum Gasteiger partial charge on any atom is 0.256 e. The van der Waals surface area contributed by atoms with Crippen LogP contribution in [0.4, 0.5) is 5.69 Å². The SMILES string of the molecule is CNC(C)c1ccc(NC(=O)C(C)(C)OC)cc1. The van der Waals surface area contributed by atoms with Gasteiger partial charge in [-0.15, -0.1) is 0 Å². The Kier molecular flexibility index (Phi) is 4.87. The van der Waals surface area contributed by atoms with Crippen LogP contribution in [-0.4, -0.2) is 25.7 Å². The fraction of sp³-hybridized carbons (Fsp3) is 0.500. The normalized spacial score (nSPS) is 13.2. The number of anilines is 1. The van der Waals surface area contributed by atoms with Crippen molar-refractivity contribution in [3.05, 3.63) is 29.8 Å². The lowest BCUT2D eigenvalue weighted by Crippen LogP contribution is -2.38. The molecule has 0 spiro atoms. The molecule has 1 aromatic rings. The number of methoxy groups -OCH3 is 1. The zero-order valence-electron chi connectivity index (χ0n) is 11.7. The first-order valence-corrected chi connectivity index (χ1v) is 6.04. The topological polar surface area (TPSA) is 50.4 Å². The number of ether oxygens (including phenoxy) is 1. The Bertz CT molecular complexity index is 399. The molecule has 4 heteroatoms. The van der Waals surface area contributed by atoms with E-state index in [1.807, 2.05) is 31.3 Å². The molecule has 0 aliphatic rings. The Morgan fingerprint density at radius 3 is 2.28 bits per heavy atom. The van der Waals surface area contributed by atoms with Crippen LogP contribution < -0.4 is 10.6 Å². The summed E-state index contributed by atoms with van der Waals surface area (Å²) in [7, 11) is 3.44. The van der Waals surface area contributed by atoms with E-state index >= 15 is 0 Å². The van der Waals surface area contributed by atoms with Crippen molar-refractivity contribution in [3.63, 3.8) is 0 Å². The number of hydrogen-bond acceptors (Lipinski definition) is 3. The van der Waals surface area contributed by atoms with Crippen molar-refractivity contribution in [3.8, 4) is 0 Å². The van der Waals surface area contributed by atoms with E-state index in [9.17, 15) is 4.79 Å². The first-order chi connectivity index (χ1) is 8.40. The van der Waals surface area contributed by atoms with Crippen molar-refractivity contribution in [1.82, 2.24) is 5.32 Å². The summed E-state index contributed by atoms with van der Waals surface area (Å²) in [5, 5.41) is 6.00. The molecule has 100 valence electrons. The predicted octanol–water partition coefficient (Wildman–Crippen LogP) is 2.33. The van der Waals surface area contributed by atoms with Crippen molar-refractivity contribution >= 4 is 11.6 Å². The monoisotopic (exact) mass is 250 g/mol. The van der Waals surface area contributed by atoms with Crippen molar-refractivity contribution < 1.29 is 9.53 Å². The molecule has 0 saturated carbocycles. The first kappa shape index (κ1) is 14.7. The highest BCUT2D eigenvalue weighted by Gasteiger charge is 2.26. The lowest BCUT2D eigenvalue weighted by molar-refractivity contribution is -0.133. The van der Waals surface area contributed by atoms with Crippen LogP contribution in [0.25, 0.3) is 0 Å². The van der Waals surface area contributed by atoms with Gasteiger partial charge in [0.1, 0.15) is 5.60 Å². The van der Waals surface area contributed by atoms with Crippen molar-refractivity contribution in [2.45, 2.75) is 32.4 Å². The van der Waals surface area contributed by atoms with Crippen LogP contribution in [0.5, 0.6) is 0 Å². The summed E-state index contributed by atoms with van der Waals surface area (Å²) in [4.78, 5) is 11.9. The van der Waals surface area contributed by atoms with Gasteiger partial charge in [0.15, 0.2) is 0 Å². The molecule has 18 heavy (non-hydrogen) atoms. The molecule has 1 unspecified atom stereocenters. The summed E-state index contributed by atoms with van der Waals surface area (Å²) in [6.45, 7) is 5.56. The number of benzene rings is 1. The molecule has 0 aliphatic heterocycles. The van der Waals surface area contributed by atoms with Crippen molar-refractivity contribution in [1.29, 1.82) is 0 Å². The Morgan fingerprint density at radius 1 is 1.28 bits per heavy atom. The number of amides is 1. The van der Waals surface area contributed by atoms with E-state index in [-0.39, 0.29) is 5.91 Å². The Balaban J connectivity index is 2.73. The standard InChI is InChI=1S/C14H22N2O2/c1-10(15-4)11-6-8-12(9-7-11)16-13(17)14(2,3)18-5/h6-10,15H,1-5H3,(H,16,17). The van der Waals surface area contributed by atoms with Gasteiger partial charge in [-0.2, -0.15) is 0 Å². The average molecular weight is 250 g/mol. The maximum atomic E-state index is 11.9. The summed E-state index contributed by atoms with van der Waals surface area (Å²) in [5.74, 6) is -0.153. The zero-order chi connectivity index (χ0) is 13.8. The average Bonchev–Trinajstić information content (AvgIpc) is 2.38. The Hall–Kier alpha value is -1.39. The molecule has 0 bridgehead atoms. The second kappa shape index (κ2) is 5.98. The van der Waals surface area contributed by atoms with E-state index in [1.165, 1.54) is 12.7 Å². The third-order valence-corrected chi connectivity index (χ3v) is 3.16. The summed E-state index contributed by atoms with van der Waals surface area (Å²) < 4.78 is 5.13. The first-order valence-electron chi connectivity index (χ1n) is 6.04. The number of carbonyl (C=O) groups is 1. The van der Waals surface area contributed by atoms with Gasteiger partial charge in [-0.05, 0) is 45.5 Å². The minimum Gasteiger partial charge on any atom is -0.369 e. The highest BCUT2D eigenvalue weighted by Crippen LogP contribution is 2.17. The molecule has 4 nitrogen and oxygen atoms in total. The second-order valence-electron chi connectivity index (χ2n) is 4.80. The molecule has 0 heterocycles. The van der Waals surface area contributed by atoms with Crippen LogP contribution in [0.3, 0.4) is 0 Å². The molecule has 1 rings (SSSR count). The van der Waals surface area contributed by atoms with Crippen molar-refractivity contribution in [2.75, 3.05) is 19.5 Å². The molecule has 0 aromatic heterocycles. The predicted molar refractivity (Wildman–Crippen MR) is 73.6 cm³/mol. The number of hydrogen-bond donors (Lipinski definition) is 2. The van der Waals surface area contributed by atoms with Crippen LogP contribution >= 0.6 is 0 Å². The molecule has 0 saturated heterocycles. The van der Waals surface area contributed by atoms with Crippen LogP contribution in [0, 0.1) is 0 Å². The summed E-state index contributed by atoms with van der Waals surface area (Å²) >= 11 is 0. The van der Waals surface area contributed by atoms with Crippen LogP contribution in [0.2, 0.25) is 0 Å². The third kappa shape index (κ3) is 3.55. The largest absolute Gasteiger partial charge is 0.369 e. The van der Waals surface area contributed by atoms with E-state index < -0.39 is 5.60 Å². The molecule has 0 fully saturated rings. The van der Waals surface area contributed by atoms with Crippen LogP contribution in [0.1, 0.15) is 32.4 Å². The van der Waals surface area contributed by atoms with Gasteiger partial charge in [-0.1, -0.05) is 12.1 Å². The summed E-state index contributed by atoms with van der Waals surface area (Å²) in [6, 6.07) is 8.08. The molecule has 1 aromatic carbocycles. The van der Waals surface area contributed by atoms with Gasteiger partial charge in [0, 0.05) is 18.8 Å². The minimum absolute atomic E-state index is 0.153. The summed E-state index contributed by atoms with van der Waals surface area (Å²) in [6.07, 6.45) is 0. The van der Waals surface area contributed by atoms with E-state index in [4.69, 9.17) is 4.74 Å². The van der Waals surface area contributed by atoms with Crippen LogP contribution in [0.15, 0.2) is 24.3 Å². The molecule has 2 N–H and O–H groups in total. The quantitative estimate of drug-likeness (QED) is 0.843. The second-order valence-corrected chi connectivity index (χ2v) is 4.80. The minimum atomic E-state index is -0.822. The number of carbonyl (C=O) groups excluding carboxylic acids is 1. The lowest BCUT2D eigenvalue weighted by atomic mass is 10.1. The highest BCUT2D eigenvalue weighted by atomic mass is 16.5. The third-order valence-electron chi connectivity index (χ3n) is 3.16. The molecule has 1 atom stereocenters. The van der Waals surface area contributed by atoms with Gasteiger partial charge in [0.25, 0.3) is 5.91 Å². The molecule has 1 amide bonds. The summed E-state index contributed by atoms with van der Waals surface area (Å²) in [5.41, 5.74) is 1.13. The zero-order valence-corrected chi connectivity index (χ0v) is 11.7. The molecule has 0 aliphatic carbocycles. The van der Waals surface area contributed by atoms with Gasteiger partial charge in [0.05, 0.1) is 0 Å². The number of rotatable bonds is 5.